The van der Waals surface area contributed by atoms with E-state index in [2.05, 4.69) is 87.3 Å². The molecule has 2 N–H and O–H groups in total. The molecule has 0 rings (SSSR count). The van der Waals surface area contributed by atoms with Crippen molar-refractivity contribution in [3.63, 3.8) is 0 Å². The molecule has 0 bridgehead atoms. The molecule has 0 aromatic heterocycles. The van der Waals surface area contributed by atoms with E-state index in [1.165, 1.54) is 6.92 Å². The largest absolute Gasteiger partial charge is 0.535 e. The van der Waals surface area contributed by atoms with E-state index in [9.17, 15) is 14.3 Å². The summed E-state index contributed by atoms with van der Waals surface area (Å²) in [5, 5.41) is 2.69. The summed E-state index contributed by atoms with van der Waals surface area (Å²) >= 11 is 0. The molecule has 0 aliphatic carbocycles. The summed E-state index contributed by atoms with van der Waals surface area (Å²) in [5.74, 6) is 27.2. The topological polar surface area (TPSA) is 84.9 Å². The van der Waals surface area contributed by atoms with E-state index in [-0.39, 0.29) is 12.5 Å². The quantitative estimate of drug-likeness (QED) is 0.232. The maximum absolute atomic E-state index is 11.6. The van der Waals surface area contributed by atoms with Gasteiger partial charge in [0.15, 0.2) is 0 Å². The van der Waals surface area contributed by atoms with Gasteiger partial charge in [-0.25, -0.2) is 4.57 Å². The Balaban J connectivity index is 4.17. The highest BCUT2D eigenvalue weighted by Crippen LogP contribution is 2.42. The monoisotopic (exact) mass is 449 g/mol. The summed E-state index contributed by atoms with van der Waals surface area (Å²) in [6.07, 6.45) is 5.82. The Morgan fingerprint density at radius 3 is 2.06 bits per heavy atom. The van der Waals surface area contributed by atoms with Crippen molar-refractivity contribution in [3.05, 3.63) is 17.9 Å². The lowest BCUT2D eigenvalue weighted by molar-refractivity contribution is -0.118. The van der Waals surface area contributed by atoms with Gasteiger partial charge < -0.3 is 9.84 Å². The van der Waals surface area contributed by atoms with Gasteiger partial charge in [-0.3, -0.25) is 14.2 Å². The van der Waals surface area contributed by atoms with Gasteiger partial charge in [-0.15, -0.1) is 5.73 Å². The van der Waals surface area contributed by atoms with Crippen LogP contribution in [0.15, 0.2) is 17.9 Å². The Morgan fingerprint density at radius 1 is 0.938 bits per heavy atom. The minimum atomic E-state index is -4.25. The molecule has 0 heterocycles. The minimum absolute atomic E-state index is 0.0601. The van der Waals surface area contributed by atoms with Crippen molar-refractivity contribution in [3.8, 4) is 71.2 Å². The highest BCUT2D eigenvalue weighted by atomic mass is 31.2. The van der Waals surface area contributed by atoms with Crippen LogP contribution >= 0.6 is 7.82 Å². The fourth-order valence-corrected chi connectivity index (χ4v) is 2.35. The molecule has 1 unspecified atom stereocenters. The average Bonchev–Trinajstić information content (AvgIpc) is 2.75. The highest BCUT2D eigenvalue weighted by molar-refractivity contribution is 7.47. The minimum Gasteiger partial charge on any atom is -0.356 e. The van der Waals surface area contributed by atoms with Gasteiger partial charge in [0.2, 0.25) is 5.91 Å². The number of hydrogen-bond donors (Lipinski definition) is 2. The number of phosphoric ester groups is 1. The van der Waals surface area contributed by atoms with E-state index in [0.717, 1.165) is 31.3 Å². The van der Waals surface area contributed by atoms with Gasteiger partial charge in [0.25, 0.3) is 0 Å². The van der Waals surface area contributed by atoms with Crippen LogP contribution in [0.25, 0.3) is 0 Å². The van der Waals surface area contributed by atoms with Gasteiger partial charge >= 0.3 is 7.82 Å². The number of carbonyl (C=O) groups is 1. The lowest BCUT2D eigenvalue weighted by atomic mass is 10.2. The predicted molar refractivity (Wildman–Crippen MR) is 124 cm³/mol. The zero-order valence-corrected chi connectivity index (χ0v) is 19.1. The predicted octanol–water partition coefficient (Wildman–Crippen LogP) is 2.92. The van der Waals surface area contributed by atoms with Crippen molar-refractivity contribution < 1.29 is 23.3 Å². The highest BCUT2D eigenvalue weighted by Gasteiger charge is 2.20. The summed E-state index contributed by atoms with van der Waals surface area (Å²) < 4.78 is 20.9. The Labute approximate surface area is 190 Å². The third kappa shape index (κ3) is 19.6. The number of rotatable bonds is 10. The van der Waals surface area contributed by atoms with Gasteiger partial charge in [0.1, 0.15) is 6.11 Å². The fraction of sp³-hybridized carbons (Fsp3) is 0.360. The van der Waals surface area contributed by atoms with Crippen LogP contribution in [0.4, 0.5) is 0 Å². The molecule has 0 aliphatic heterocycles. The molecule has 0 aliphatic rings. The van der Waals surface area contributed by atoms with Crippen LogP contribution in [0, 0.1) is 71.2 Å². The molecule has 1 amide bonds. The maximum atomic E-state index is 11.6. The Morgan fingerprint density at radius 2 is 1.50 bits per heavy atom. The van der Waals surface area contributed by atoms with Crippen LogP contribution in [0.2, 0.25) is 0 Å². The number of hydrogen-bond acceptors (Lipinski definition) is 4. The molecule has 0 aromatic carbocycles. The zero-order valence-electron chi connectivity index (χ0n) is 18.2. The number of allylic oxidation sites excluding steroid dienone is 1. The van der Waals surface area contributed by atoms with Crippen LogP contribution in [-0.2, 0) is 18.4 Å². The summed E-state index contributed by atoms with van der Waals surface area (Å²) in [5.41, 5.74) is 3.49. The maximum Gasteiger partial charge on any atom is 0.535 e. The van der Waals surface area contributed by atoms with Crippen molar-refractivity contribution in [1.29, 1.82) is 0 Å². The second-order valence-corrected chi connectivity index (χ2v) is 7.15. The number of unbranched alkanes of at least 4 members (excludes halogenated alkanes) is 3. The van der Waals surface area contributed by atoms with Crippen LogP contribution in [0.5, 0.6) is 0 Å². The van der Waals surface area contributed by atoms with Crippen LogP contribution < -0.4 is 5.32 Å². The van der Waals surface area contributed by atoms with Crippen LogP contribution in [-0.4, -0.2) is 24.0 Å². The Kier molecular flexibility index (Phi) is 17.0. The van der Waals surface area contributed by atoms with Crippen molar-refractivity contribution in [2.75, 3.05) is 13.2 Å². The lowest BCUT2D eigenvalue weighted by Crippen LogP contribution is -2.20. The second kappa shape index (κ2) is 19.3. The first kappa shape index (κ1) is 28.3. The number of carbonyl (C=O) groups excluding carboxylic acids is 1. The molecule has 0 saturated carbocycles. The molecule has 0 fully saturated rings. The van der Waals surface area contributed by atoms with Gasteiger partial charge in [-0.05, 0) is 54.8 Å². The smallest absolute Gasteiger partial charge is 0.356 e. The number of phosphoric acid groups is 1. The third-order valence-corrected chi connectivity index (χ3v) is 4.09. The molecular weight excluding hydrogens is 425 g/mol. The summed E-state index contributed by atoms with van der Waals surface area (Å²) in [6.45, 7) is 7.60. The summed E-state index contributed by atoms with van der Waals surface area (Å²) in [6, 6.07) is 0. The molecule has 0 spiro atoms. The number of amides is 1. The Hall–Kier alpha value is -3.70. The van der Waals surface area contributed by atoms with Crippen molar-refractivity contribution in [2.24, 2.45) is 0 Å². The normalized spacial score (nSPS) is 9.72. The molecule has 164 valence electrons. The van der Waals surface area contributed by atoms with Gasteiger partial charge in [-0.2, -0.15) is 0 Å². The molecular formula is C25H24NO5P. The van der Waals surface area contributed by atoms with Crippen molar-refractivity contribution in [1.82, 2.24) is 5.32 Å². The lowest BCUT2D eigenvalue weighted by Gasteiger charge is -2.08. The molecule has 1 atom stereocenters. The van der Waals surface area contributed by atoms with Crippen molar-refractivity contribution >= 4 is 13.7 Å². The van der Waals surface area contributed by atoms with Gasteiger partial charge in [0, 0.05) is 48.6 Å². The Bertz CT molecular complexity index is 1110. The fourth-order valence-electron chi connectivity index (χ4n) is 1.77. The zero-order chi connectivity index (χ0) is 23.9. The first-order valence-electron chi connectivity index (χ1n) is 9.71. The van der Waals surface area contributed by atoms with E-state index in [1.807, 2.05) is 13.0 Å². The first-order valence-corrected chi connectivity index (χ1v) is 11.2. The summed E-state index contributed by atoms with van der Waals surface area (Å²) in [7, 11) is -4.25. The standard InChI is InChI=1S/C25H24NO5P/c1-4-25(5-2)20-16-12-10-8-6-7-9-11-14-18-22-30-32(28,29)31-23-19-15-13-17-21-26-24(3)27/h1,5,13,15,17,19,21,23H2,2-3H3,(H,26,27)(H,28,29). The average molecular weight is 449 g/mol. The van der Waals surface area contributed by atoms with Crippen LogP contribution in [0.3, 0.4) is 0 Å². The first-order chi connectivity index (χ1) is 15.4. The van der Waals surface area contributed by atoms with Gasteiger partial charge in [0.05, 0.1) is 6.61 Å². The van der Waals surface area contributed by atoms with Crippen molar-refractivity contribution in [2.45, 2.75) is 46.0 Å². The molecule has 7 heteroatoms. The van der Waals surface area contributed by atoms with Gasteiger partial charge in [-0.1, -0.05) is 26.3 Å². The molecule has 0 aromatic rings. The molecule has 0 radical (unpaired) electrons. The van der Waals surface area contributed by atoms with E-state index < -0.39 is 7.82 Å². The van der Waals surface area contributed by atoms with E-state index in [4.69, 9.17) is 4.52 Å². The van der Waals surface area contributed by atoms with E-state index in [1.54, 1.807) is 0 Å². The summed E-state index contributed by atoms with van der Waals surface area (Å²) in [4.78, 5) is 20.2. The number of nitrogens with one attached hydrogen (secondary N) is 1. The van der Waals surface area contributed by atoms with E-state index in [0.29, 0.717) is 13.0 Å². The third-order valence-electron chi connectivity index (χ3n) is 3.25. The molecule has 32 heavy (non-hydrogen) atoms. The molecule has 6 nitrogen and oxygen atoms in total. The van der Waals surface area contributed by atoms with Crippen LogP contribution in [0.1, 0.15) is 46.0 Å². The molecule has 0 saturated heterocycles. The second-order valence-electron chi connectivity index (χ2n) is 5.78. The SMILES string of the molecule is C=C=C(C#CC#CC#CC#CC#CC#COP(=O)(O)OCCCCCCNC(C)=O)CC. The van der Waals surface area contributed by atoms with E-state index >= 15 is 0 Å².